The molecule has 0 saturated carbocycles. The fourth-order valence-corrected chi connectivity index (χ4v) is 4.63. The number of para-hydroxylation sites is 1. The summed E-state index contributed by atoms with van der Waals surface area (Å²) in [7, 11) is 0. The van der Waals surface area contributed by atoms with Gasteiger partial charge in [-0.05, 0) is 30.7 Å². The number of ether oxygens (including phenoxy) is 2. The van der Waals surface area contributed by atoms with Crippen molar-refractivity contribution in [2.45, 2.75) is 38.0 Å². The fourth-order valence-electron chi connectivity index (χ4n) is 4.63. The molecule has 156 valence electrons. The van der Waals surface area contributed by atoms with Crippen molar-refractivity contribution in [2.75, 3.05) is 19.7 Å². The Morgan fingerprint density at radius 3 is 2.67 bits per heavy atom. The number of carbonyl (C=O) groups excluding carboxylic acids is 1. The average molecular weight is 409 g/mol. The van der Waals surface area contributed by atoms with Crippen molar-refractivity contribution in [3.8, 4) is 5.75 Å². The van der Waals surface area contributed by atoms with Crippen LogP contribution in [0.1, 0.15) is 43.4 Å². The number of benzene rings is 2. The third kappa shape index (κ3) is 3.09. The van der Waals surface area contributed by atoms with Crippen molar-refractivity contribution in [1.29, 1.82) is 0 Å². The zero-order chi connectivity index (χ0) is 20.7. The van der Waals surface area contributed by atoms with Crippen LogP contribution in [0.25, 0.3) is 0 Å². The third-order valence-electron chi connectivity index (χ3n) is 6.15. The first-order valence-electron chi connectivity index (χ1n) is 10.4. The normalized spacial score (nSPS) is 21.5. The van der Waals surface area contributed by atoms with E-state index >= 15 is 0 Å². The first-order valence-corrected chi connectivity index (χ1v) is 10.4. The quantitative estimate of drug-likeness (QED) is 0.741. The molecule has 0 unspecified atom stereocenters. The molecule has 1 amide bonds. The van der Waals surface area contributed by atoms with E-state index in [9.17, 15) is 9.18 Å². The molecule has 1 spiro atoms. The van der Waals surface area contributed by atoms with Gasteiger partial charge in [0.25, 0.3) is 0 Å². The molecule has 3 aliphatic heterocycles. The van der Waals surface area contributed by atoms with E-state index in [1.165, 1.54) is 12.1 Å². The van der Waals surface area contributed by atoms with Crippen molar-refractivity contribution >= 4 is 11.8 Å². The molecule has 0 radical (unpaired) electrons. The second kappa shape index (κ2) is 7.31. The van der Waals surface area contributed by atoms with Crippen LogP contribution in [0, 0.1) is 5.82 Å². The third-order valence-corrected chi connectivity index (χ3v) is 6.15. The zero-order valence-corrected chi connectivity index (χ0v) is 16.9. The second-order valence-electron chi connectivity index (χ2n) is 7.89. The largest absolute Gasteiger partial charge is 0.466 e. The molecule has 3 aliphatic rings. The molecule has 30 heavy (non-hydrogen) atoms. The van der Waals surface area contributed by atoms with Crippen molar-refractivity contribution in [1.82, 2.24) is 9.91 Å². The monoisotopic (exact) mass is 409 g/mol. The Morgan fingerprint density at radius 2 is 1.93 bits per heavy atom. The molecule has 6 nitrogen and oxygen atoms in total. The van der Waals surface area contributed by atoms with Gasteiger partial charge in [-0.1, -0.05) is 30.3 Å². The van der Waals surface area contributed by atoms with Gasteiger partial charge in [-0.15, -0.1) is 0 Å². The van der Waals surface area contributed by atoms with Gasteiger partial charge in [0, 0.05) is 37.9 Å². The van der Waals surface area contributed by atoms with E-state index in [4.69, 9.17) is 14.6 Å². The lowest BCUT2D eigenvalue weighted by molar-refractivity contribution is -0.147. The number of likely N-dealkylation sites (tertiary alicyclic amines) is 1. The maximum Gasteiger partial charge on any atom is 0.409 e. The molecule has 0 aliphatic carbocycles. The molecule has 0 bridgehead atoms. The highest BCUT2D eigenvalue weighted by molar-refractivity contribution is 6.02. The van der Waals surface area contributed by atoms with Gasteiger partial charge in [-0.2, -0.15) is 5.10 Å². The van der Waals surface area contributed by atoms with E-state index in [0.717, 1.165) is 29.0 Å². The molecule has 5 rings (SSSR count). The topological polar surface area (TPSA) is 54.4 Å². The van der Waals surface area contributed by atoms with Crippen LogP contribution in [-0.4, -0.2) is 47.1 Å². The lowest BCUT2D eigenvalue weighted by Gasteiger charge is -2.50. The number of piperidine rings is 1. The molecule has 2 aromatic carbocycles. The number of hydrazone groups is 1. The summed E-state index contributed by atoms with van der Waals surface area (Å²) < 4.78 is 25.1. The van der Waals surface area contributed by atoms with Crippen LogP contribution in [0.3, 0.4) is 0 Å². The number of fused-ring (bicyclic) bond motifs is 4. The molecule has 3 heterocycles. The van der Waals surface area contributed by atoms with Gasteiger partial charge in [-0.3, -0.25) is 0 Å². The van der Waals surface area contributed by atoms with Crippen molar-refractivity contribution in [2.24, 2.45) is 5.10 Å². The minimum absolute atomic E-state index is 0.0594. The molecular weight excluding hydrogens is 385 g/mol. The predicted octanol–water partition coefficient (Wildman–Crippen LogP) is 4.32. The summed E-state index contributed by atoms with van der Waals surface area (Å²) >= 11 is 0. The molecule has 0 aromatic heterocycles. The Hall–Kier alpha value is -3.09. The molecule has 1 atom stereocenters. The van der Waals surface area contributed by atoms with E-state index in [-0.39, 0.29) is 18.0 Å². The van der Waals surface area contributed by atoms with Gasteiger partial charge in [0.05, 0.1) is 18.4 Å². The first-order chi connectivity index (χ1) is 14.6. The summed E-state index contributed by atoms with van der Waals surface area (Å²) in [6, 6.07) is 14.6. The molecular formula is C23H24FN3O3. The highest BCUT2D eigenvalue weighted by Crippen LogP contribution is 2.49. The first kappa shape index (κ1) is 18.9. The lowest BCUT2D eigenvalue weighted by atomic mass is 9.91. The molecule has 0 N–H and O–H groups in total. The van der Waals surface area contributed by atoms with Crippen LogP contribution in [-0.2, 0) is 4.74 Å². The van der Waals surface area contributed by atoms with Crippen LogP contribution >= 0.6 is 0 Å². The number of nitrogens with zero attached hydrogens (tertiary/aromatic N) is 3. The highest BCUT2D eigenvalue weighted by atomic mass is 19.1. The fraction of sp³-hybridized carbons (Fsp3) is 0.391. The summed E-state index contributed by atoms with van der Waals surface area (Å²) in [4.78, 5) is 13.9. The Kier molecular flexibility index (Phi) is 4.60. The van der Waals surface area contributed by atoms with E-state index in [0.29, 0.717) is 32.5 Å². The summed E-state index contributed by atoms with van der Waals surface area (Å²) in [5.41, 5.74) is 2.34. The maximum atomic E-state index is 13.4. The number of hydrogen-bond acceptors (Lipinski definition) is 5. The van der Waals surface area contributed by atoms with Crippen LogP contribution in [0.5, 0.6) is 5.75 Å². The number of amides is 1. The van der Waals surface area contributed by atoms with Gasteiger partial charge < -0.3 is 14.4 Å². The molecule has 7 heteroatoms. The zero-order valence-electron chi connectivity index (χ0n) is 16.9. The van der Waals surface area contributed by atoms with E-state index < -0.39 is 5.72 Å². The standard InChI is InChI=1S/C23H24FN3O3/c1-2-29-22(28)26-13-11-23(12-14-26)27-20(18-5-3-4-6-21(18)30-23)15-19(25-27)16-7-9-17(24)10-8-16/h3-10,20H,2,11-15H2,1H3/t20-/m1/s1. The minimum Gasteiger partial charge on any atom is -0.466 e. The Bertz CT molecular complexity index is 983. The minimum atomic E-state index is -0.607. The Labute approximate surface area is 174 Å². The number of hydrogen-bond donors (Lipinski definition) is 0. The van der Waals surface area contributed by atoms with Crippen LogP contribution in [0.4, 0.5) is 9.18 Å². The number of halogens is 1. The Balaban J connectivity index is 1.47. The predicted molar refractivity (Wildman–Crippen MR) is 110 cm³/mol. The van der Waals surface area contributed by atoms with Crippen LogP contribution < -0.4 is 4.74 Å². The van der Waals surface area contributed by atoms with E-state index in [1.807, 2.05) is 25.1 Å². The number of rotatable bonds is 2. The van der Waals surface area contributed by atoms with Crippen LogP contribution in [0.2, 0.25) is 0 Å². The van der Waals surface area contributed by atoms with Gasteiger partial charge in [0.2, 0.25) is 5.72 Å². The number of carbonyl (C=O) groups is 1. The molecule has 2 aromatic rings. The van der Waals surface area contributed by atoms with E-state index in [1.54, 1.807) is 17.0 Å². The summed E-state index contributed by atoms with van der Waals surface area (Å²) in [6.07, 6.45) is 1.72. The van der Waals surface area contributed by atoms with Gasteiger partial charge in [0.15, 0.2) is 0 Å². The van der Waals surface area contributed by atoms with E-state index in [2.05, 4.69) is 11.1 Å². The average Bonchev–Trinajstić information content (AvgIpc) is 3.22. The second-order valence-corrected chi connectivity index (χ2v) is 7.89. The highest BCUT2D eigenvalue weighted by Gasteiger charge is 2.52. The van der Waals surface area contributed by atoms with Crippen molar-refractivity contribution in [3.63, 3.8) is 0 Å². The lowest BCUT2D eigenvalue weighted by Crippen LogP contribution is -2.59. The molecule has 1 saturated heterocycles. The molecule has 1 fully saturated rings. The van der Waals surface area contributed by atoms with Gasteiger partial charge in [-0.25, -0.2) is 14.2 Å². The SMILES string of the molecule is CCOC(=O)N1CCC2(CC1)Oc1ccccc1[C@H]1CC(c3ccc(F)cc3)=NN12. The van der Waals surface area contributed by atoms with Gasteiger partial charge >= 0.3 is 6.09 Å². The summed E-state index contributed by atoms with van der Waals surface area (Å²) in [5, 5.41) is 7.04. The summed E-state index contributed by atoms with van der Waals surface area (Å²) in [6.45, 7) is 3.27. The van der Waals surface area contributed by atoms with Crippen LogP contribution in [0.15, 0.2) is 53.6 Å². The van der Waals surface area contributed by atoms with Crippen molar-refractivity contribution in [3.05, 3.63) is 65.5 Å². The van der Waals surface area contributed by atoms with Crippen molar-refractivity contribution < 1.29 is 18.7 Å². The smallest absolute Gasteiger partial charge is 0.409 e. The maximum absolute atomic E-state index is 13.4. The summed E-state index contributed by atoms with van der Waals surface area (Å²) in [5.74, 6) is 0.616. The Morgan fingerprint density at radius 1 is 1.20 bits per heavy atom. The van der Waals surface area contributed by atoms with Gasteiger partial charge in [0.1, 0.15) is 11.6 Å².